The lowest BCUT2D eigenvalue weighted by molar-refractivity contribution is -0.135. The Morgan fingerprint density at radius 2 is 1.86 bits per heavy atom. The first-order chi connectivity index (χ1) is 14.2. The van der Waals surface area contributed by atoms with Gasteiger partial charge < -0.3 is 9.80 Å². The second-order valence-corrected chi connectivity index (χ2v) is 10.3. The normalized spacial score (nSPS) is 27.5. The maximum Gasteiger partial charge on any atom is 0.226 e. The Balaban J connectivity index is 1.22. The van der Waals surface area contributed by atoms with E-state index in [0.717, 1.165) is 25.6 Å². The Labute approximate surface area is 176 Å². The highest BCUT2D eigenvalue weighted by molar-refractivity contribution is 5.82. The first kappa shape index (κ1) is 19.5. The third kappa shape index (κ3) is 4.23. The van der Waals surface area contributed by atoms with Crippen LogP contribution >= 0.6 is 0 Å². The van der Waals surface area contributed by atoms with Crippen molar-refractivity contribution in [3.8, 4) is 0 Å². The van der Waals surface area contributed by atoms with Gasteiger partial charge in [-0.3, -0.25) is 9.78 Å². The highest BCUT2D eigenvalue weighted by Gasteiger charge is 2.59. The monoisotopic (exact) mass is 395 g/mol. The average molecular weight is 396 g/mol. The van der Waals surface area contributed by atoms with Crippen molar-refractivity contribution in [3.05, 3.63) is 30.1 Å². The molecule has 0 aromatic carbocycles. The van der Waals surface area contributed by atoms with Gasteiger partial charge in [-0.25, -0.2) is 0 Å². The van der Waals surface area contributed by atoms with Crippen molar-refractivity contribution in [1.29, 1.82) is 0 Å². The van der Waals surface area contributed by atoms with Gasteiger partial charge >= 0.3 is 0 Å². The maximum absolute atomic E-state index is 13.5. The zero-order chi connectivity index (χ0) is 19.7. The zero-order valence-corrected chi connectivity index (χ0v) is 17.9. The molecule has 4 aliphatic rings. The molecule has 4 fully saturated rings. The van der Waals surface area contributed by atoms with E-state index in [1.54, 1.807) is 0 Å². The molecule has 1 amide bonds. The standard InChI is InChI=1S/C25H37N3O/c29-24(23-16-25(23)11-3-4-12-25)28(19-21-6-5-13-26-17-21)18-20-9-14-27(15-10-20)22-7-1-2-8-22/h5-6,13,17,20,22-23H,1-4,7-12,14-16,18-19H2/t23-/m1/s1. The molecule has 0 radical (unpaired) electrons. The van der Waals surface area contributed by atoms with Gasteiger partial charge in [0, 0.05) is 37.4 Å². The summed E-state index contributed by atoms with van der Waals surface area (Å²) in [7, 11) is 0. The van der Waals surface area contributed by atoms with E-state index in [1.165, 1.54) is 82.9 Å². The van der Waals surface area contributed by atoms with Crippen LogP contribution in [0.4, 0.5) is 0 Å². The van der Waals surface area contributed by atoms with E-state index in [9.17, 15) is 4.79 Å². The molecule has 1 atom stereocenters. The number of carbonyl (C=O) groups is 1. The second kappa shape index (κ2) is 8.37. The van der Waals surface area contributed by atoms with Gasteiger partial charge in [0.05, 0.1) is 0 Å². The fourth-order valence-corrected chi connectivity index (χ4v) is 6.58. The fourth-order valence-electron chi connectivity index (χ4n) is 6.58. The van der Waals surface area contributed by atoms with Crippen LogP contribution < -0.4 is 0 Å². The molecule has 1 aliphatic heterocycles. The number of hydrogen-bond acceptors (Lipinski definition) is 3. The smallest absolute Gasteiger partial charge is 0.226 e. The molecule has 3 aliphatic carbocycles. The van der Waals surface area contributed by atoms with Gasteiger partial charge in [-0.2, -0.15) is 0 Å². The van der Waals surface area contributed by atoms with Crippen LogP contribution in [0.3, 0.4) is 0 Å². The van der Waals surface area contributed by atoms with E-state index in [4.69, 9.17) is 0 Å². The molecule has 1 aromatic heterocycles. The largest absolute Gasteiger partial charge is 0.338 e. The number of aromatic nitrogens is 1. The van der Waals surface area contributed by atoms with Crippen LogP contribution in [-0.4, -0.2) is 46.4 Å². The Morgan fingerprint density at radius 3 is 2.55 bits per heavy atom. The number of carbonyl (C=O) groups excluding carboxylic acids is 1. The van der Waals surface area contributed by atoms with Crippen molar-refractivity contribution in [2.45, 2.75) is 83.2 Å². The Kier molecular flexibility index (Phi) is 5.64. The molecule has 29 heavy (non-hydrogen) atoms. The van der Waals surface area contributed by atoms with Crippen LogP contribution in [0.25, 0.3) is 0 Å². The molecular weight excluding hydrogens is 358 g/mol. The molecule has 4 nitrogen and oxygen atoms in total. The Bertz CT molecular complexity index is 685. The molecule has 0 bridgehead atoms. The van der Waals surface area contributed by atoms with Crippen LogP contribution in [0.5, 0.6) is 0 Å². The van der Waals surface area contributed by atoms with Gasteiger partial charge in [-0.1, -0.05) is 31.7 Å². The number of piperidine rings is 1. The van der Waals surface area contributed by atoms with E-state index >= 15 is 0 Å². The SMILES string of the molecule is O=C([C@H]1CC12CCCC2)N(Cc1cccnc1)CC1CCN(C2CCCC2)CC1. The fraction of sp³-hybridized carbons (Fsp3) is 0.760. The number of rotatable bonds is 6. The predicted octanol–water partition coefficient (Wildman–Crippen LogP) is 4.65. The van der Waals surface area contributed by atoms with Crippen molar-refractivity contribution in [1.82, 2.24) is 14.8 Å². The van der Waals surface area contributed by atoms with E-state index in [0.29, 0.717) is 23.2 Å². The lowest BCUT2D eigenvalue weighted by atomic mass is 9.94. The summed E-state index contributed by atoms with van der Waals surface area (Å²) in [5, 5.41) is 0. The summed E-state index contributed by atoms with van der Waals surface area (Å²) in [5.41, 5.74) is 1.56. The van der Waals surface area contributed by atoms with Gasteiger partial charge in [0.25, 0.3) is 0 Å². The minimum atomic E-state index is 0.306. The summed E-state index contributed by atoms with van der Waals surface area (Å²) in [4.78, 5) is 22.8. The first-order valence-corrected chi connectivity index (χ1v) is 12.2. The summed E-state index contributed by atoms with van der Waals surface area (Å²) in [6.07, 6.45) is 18.3. The first-order valence-electron chi connectivity index (χ1n) is 12.2. The van der Waals surface area contributed by atoms with Crippen molar-refractivity contribution in [2.24, 2.45) is 17.3 Å². The molecule has 1 saturated heterocycles. The number of amides is 1. The molecule has 0 N–H and O–H groups in total. The lowest BCUT2D eigenvalue weighted by Gasteiger charge is -2.38. The molecule has 2 heterocycles. The van der Waals surface area contributed by atoms with Gasteiger partial charge in [0.15, 0.2) is 0 Å². The van der Waals surface area contributed by atoms with E-state index in [-0.39, 0.29) is 0 Å². The highest BCUT2D eigenvalue weighted by Crippen LogP contribution is 2.63. The van der Waals surface area contributed by atoms with Crippen LogP contribution in [0, 0.1) is 17.3 Å². The van der Waals surface area contributed by atoms with E-state index in [2.05, 4.69) is 20.9 Å². The minimum absolute atomic E-state index is 0.306. The highest BCUT2D eigenvalue weighted by atomic mass is 16.2. The Hall–Kier alpha value is -1.42. The molecule has 158 valence electrons. The van der Waals surface area contributed by atoms with Crippen LogP contribution in [0.2, 0.25) is 0 Å². The number of pyridine rings is 1. The quantitative estimate of drug-likeness (QED) is 0.704. The van der Waals surface area contributed by atoms with Crippen LogP contribution in [0.1, 0.15) is 76.2 Å². The summed E-state index contributed by atoms with van der Waals surface area (Å²) < 4.78 is 0. The van der Waals surface area contributed by atoms with Crippen molar-refractivity contribution in [3.63, 3.8) is 0 Å². The van der Waals surface area contributed by atoms with E-state index in [1.807, 2.05) is 18.5 Å². The van der Waals surface area contributed by atoms with Gasteiger partial charge in [-0.05, 0) is 81.0 Å². The van der Waals surface area contributed by atoms with Gasteiger partial charge in [0.2, 0.25) is 5.91 Å². The lowest BCUT2D eigenvalue weighted by Crippen LogP contribution is -2.44. The molecule has 0 unspecified atom stereocenters. The zero-order valence-electron chi connectivity index (χ0n) is 17.9. The van der Waals surface area contributed by atoms with Crippen molar-refractivity contribution < 1.29 is 4.79 Å². The molecule has 3 saturated carbocycles. The number of likely N-dealkylation sites (tertiary alicyclic amines) is 1. The summed E-state index contributed by atoms with van der Waals surface area (Å²) in [6.45, 7) is 4.15. The summed E-state index contributed by atoms with van der Waals surface area (Å²) in [6, 6.07) is 4.96. The Morgan fingerprint density at radius 1 is 1.10 bits per heavy atom. The third-order valence-corrected chi connectivity index (χ3v) is 8.46. The topological polar surface area (TPSA) is 36.4 Å². The average Bonchev–Trinajstić information content (AvgIpc) is 3.10. The third-order valence-electron chi connectivity index (χ3n) is 8.46. The molecule has 5 rings (SSSR count). The summed E-state index contributed by atoms with van der Waals surface area (Å²) >= 11 is 0. The second-order valence-electron chi connectivity index (χ2n) is 10.3. The minimum Gasteiger partial charge on any atom is -0.338 e. The molecule has 1 spiro atoms. The van der Waals surface area contributed by atoms with Crippen LogP contribution in [-0.2, 0) is 11.3 Å². The number of hydrogen-bond donors (Lipinski definition) is 0. The maximum atomic E-state index is 13.5. The van der Waals surface area contributed by atoms with Crippen molar-refractivity contribution >= 4 is 5.91 Å². The molecule has 1 aromatic rings. The number of nitrogens with zero attached hydrogens (tertiary/aromatic N) is 3. The van der Waals surface area contributed by atoms with Gasteiger partial charge in [0.1, 0.15) is 0 Å². The van der Waals surface area contributed by atoms with Crippen molar-refractivity contribution in [2.75, 3.05) is 19.6 Å². The molecular formula is C25H37N3O. The van der Waals surface area contributed by atoms with Gasteiger partial charge in [-0.15, -0.1) is 0 Å². The van der Waals surface area contributed by atoms with Crippen LogP contribution in [0.15, 0.2) is 24.5 Å². The molecule has 4 heteroatoms. The summed E-state index contributed by atoms with van der Waals surface area (Å²) in [5.74, 6) is 1.40. The van der Waals surface area contributed by atoms with E-state index < -0.39 is 0 Å². The predicted molar refractivity (Wildman–Crippen MR) is 115 cm³/mol.